The first-order chi connectivity index (χ1) is 8.20. The van der Waals surface area contributed by atoms with Gasteiger partial charge >= 0.3 is 0 Å². The van der Waals surface area contributed by atoms with E-state index >= 15 is 0 Å². The average molecular weight is 237 g/mol. The highest BCUT2D eigenvalue weighted by atomic mass is 15.3. The minimum Gasteiger partial charge on any atom is -0.316 e. The lowest BCUT2D eigenvalue weighted by molar-refractivity contribution is 0.502. The maximum Gasteiger partial charge on any atom is 0.0492 e. The average Bonchev–Trinajstić information content (AvgIpc) is 2.68. The van der Waals surface area contributed by atoms with Gasteiger partial charge in [0.2, 0.25) is 0 Å². The quantitative estimate of drug-likeness (QED) is 0.669. The first-order valence-corrected chi connectivity index (χ1v) is 6.89. The Morgan fingerprint density at radius 2 is 2.00 bits per heavy atom. The Bertz CT molecular complexity index is 291. The smallest absolute Gasteiger partial charge is 0.0492 e. The van der Waals surface area contributed by atoms with Crippen LogP contribution in [0.25, 0.3) is 0 Å². The molecule has 3 nitrogen and oxygen atoms in total. The Kier molecular flexibility index (Phi) is 6.94. The predicted molar refractivity (Wildman–Crippen MR) is 73.1 cm³/mol. The molecule has 0 aliphatic rings. The van der Waals surface area contributed by atoms with E-state index in [0.29, 0.717) is 0 Å². The number of aryl methyl sites for hydroxylation is 2. The minimum atomic E-state index is 0.762. The summed E-state index contributed by atoms with van der Waals surface area (Å²) in [7, 11) is 0. The van der Waals surface area contributed by atoms with E-state index in [4.69, 9.17) is 0 Å². The van der Waals surface area contributed by atoms with E-state index in [-0.39, 0.29) is 0 Å². The molecule has 1 rings (SSSR count). The van der Waals surface area contributed by atoms with Crippen LogP contribution in [-0.4, -0.2) is 22.9 Å². The zero-order valence-corrected chi connectivity index (χ0v) is 11.6. The molecule has 1 aromatic heterocycles. The number of nitrogens with zero attached hydrogens (tertiary/aromatic N) is 2. The molecule has 0 unspecified atom stereocenters. The molecule has 0 saturated carbocycles. The van der Waals surface area contributed by atoms with E-state index in [1.54, 1.807) is 0 Å². The fourth-order valence-electron chi connectivity index (χ4n) is 1.89. The molecule has 0 spiro atoms. The second-order valence-electron chi connectivity index (χ2n) is 5.21. The summed E-state index contributed by atoms with van der Waals surface area (Å²) in [6.45, 7) is 9.99. The van der Waals surface area contributed by atoms with E-state index in [9.17, 15) is 0 Å². The Labute approximate surface area is 106 Å². The van der Waals surface area contributed by atoms with Crippen LogP contribution in [0.2, 0.25) is 0 Å². The largest absolute Gasteiger partial charge is 0.316 e. The van der Waals surface area contributed by atoms with Crippen molar-refractivity contribution in [3.05, 3.63) is 18.0 Å². The summed E-state index contributed by atoms with van der Waals surface area (Å²) in [4.78, 5) is 0. The van der Waals surface area contributed by atoms with Gasteiger partial charge in [-0.15, -0.1) is 0 Å². The van der Waals surface area contributed by atoms with Gasteiger partial charge in [0, 0.05) is 18.4 Å². The van der Waals surface area contributed by atoms with Gasteiger partial charge in [0.25, 0.3) is 0 Å². The second-order valence-corrected chi connectivity index (χ2v) is 5.21. The van der Waals surface area contributed by atoms with Crippen LogP contribution in [0.5, 0.6) is 0 Å². The minimum absolute atomic E-state index is 0.762. The Morgan fingerprint density at radius 3 is 2.65 bits per heavy atom. The van der Waals surface area contributed by atoms with Crippen LogP contribution in [0, 0.1) is 12.8 Å². The molecule has 1 N–H and O–H groups in total. The van der Waals surface area contributed by atoms with Crippen molar-refractivity contribution in [3.63, 3.8) is 0 Å². The number of unbranched alkanes of at least 4 members (excludes halogenated alkanes) is 3. The highest BCUT2D eigenvalue weighted by Crippen LogP contribution is 2.03. The van der Waals surface area contributed by atoms with Gasteiger partial charge in [-0.2, -0.15) is 5.10 Å². The predicted octanol–water partition coefficient (Wildman–Crippen LogP) is 3.00. The molecular formula is C14H27N3. The van der Waals surface area contributed by atoms with Crippen LogP contribution in [-0.2, 0) is 6.54 Å². The summed E-state index contributed by atoms with van der Waals surface area (Å²) in [5.41, 5.74) is 1.27. The normalized spacial score (nSPS) is 11.3. The third-order valence-electron chi connectivity index (χ3n) is 2.95. The van der Waals surface area contributed by atoms with Gasteiger partial charge < -0.3 is 5.32 Å². The summed E-state index contributed by atoms with van der Waals surface area (Å²) < 4.78 is 2.09. The fraction of sp³-hybridized carbons (Fsp3) is 0.786. The summed E-state index contributed by atoms with van der Waals surface area (Å²) in [5, 5.41) is 7.77. The molecule has 17 heavy (non-hydrogen) atoms. The molecule has 0 fully saturated rings. The van der Waals surface area contributed by atoms with E-state index in [0.717, 1.165) is 19.0 Å². The van der Waals surface area contributed by atoms with Crippen molar-refractivity contribution in [1.29, 1.82) is 0 Å². The van der Waals surface area contributed by atoms with Crippen molar-refractivity contribution in [2.45, 2.75) is 53.0 Å². The number of aromatic nitrogens is 2. The molecule has 0 aliphatic heterocycles. The molecule has 1 aromatic rings. The summed E-state index contributed by atoms with van der Waals surface area (Å²) in [6.07, 6.45) is 7.05. The summed E-state index contributed by atoms with van der Waals surface area (Å²) in [5.74, 6) is 0.762. The monoisotopic (exact) mass is 237 g/mol. The van der Waals surface area contributed by atoms with Gasteiger partial charge in [0.05, 0.1) is 0 Å². The molecule has 3 heteroatoms. The van der Waals surface area contributed by atoms with Crippen molar-refractivity contribution in [2.75, 3.05) is 13.1 Å². The van der Waals surface area contributed by atoms with Crippen LogP contribution in [0.3, 0.4) is 0 Å². The molecule has 0 radical (unpaired) electrons. The summed E-state index contributed by atoms with van der Waals surface area (Å²) >= 11 is 0. The number of rotatable bonds is 9. The molecule has 0 aromatic carbocycles. The van der Waals surface area contributed by atoms with E-state index in [1.807, 2.05) is 6.20 Å². The van der Waals surface area contributed by atoms with Gasteiger partial charge in [0.15, 0.2) is 0 Å². The highest BCUT2D eigenvalue weighted by molar-refractivity contribution is 4.96. The molecule has 0 aliphatic carbocycles. The Balaban J connectivity index is 1.90. The van der Waals surface area contributed by atoms with Crippen LogP contribution >= 0.6 is 0 Å². The third kappa shape index (κ3) is 6.47. The Hall–Kier alpha value is -0.830. The lowest BCUT2D eigenvalue weighted by Gasteiger charge is -2.07. The Morgan fingerprint density at radius 1 is 1.24 bits per heavy atom. The highest BCUT2D eigenvalue weighted by Gasteiger charge is 1.97. The fourth-order valence-corrected chi connectivity index (χ4v) is 1.89. The maximum atomic E-state index is 4.29. The van der Waals surface area contributed by atoms with Crippen LogP contribution in [0.15, 0.2) is 12.3 Å². The first kappa shape index (κ1) is 14.2. The van der Waals surface area contributed by atoms with Crippen molar-refractivity contribution < 1.29 is 0 Å². The lowest BCUT2D eigenvalue weighted by atomic mass is 10.2. The van der Waals surface area contributed by atoms with Crippen LogP contribution < -0.4 is 5.32 Å². The topological polar surface area (TPSA) is 29.9 Å². The molecule has 0 bridgehead atoms. The number of hydrogen-bond acceptors (Lipinski definition) is 2. The van der Waals surface area contributed by atoms with Crippen LogP contribution in [0.1, 0.15) is 45.2 Å². The molecule has 0 atom stereocenters. The van der Waals surface area contributed by atoms with E-state index < -0.39 is 0 Å². The molecular weight excluding hydrogens is 210 g/mol. The number of nitrogens with one attached hydrogen (secondary N) is 1. The van der Waals surface area contributed by atoms with Gasteiger partial charge in [-0.05, 0) is 44.8 Å². The van der Waals surface area contributed by atoms with Crippen molar-refractivity contribution in [2.24, 2.45) is 5.92 Å². The van der Waals surface area contributed by atoms with Gasteiger partial charge in [-0.1, -0.05) is 26.7 Å². The maximum absolute atomic E-state index is 4.29. The van der Waals surface area contributed by atoms with Gasteiger partial charge in [0.1, 0.15) is 0 Å². The van der Waals surface area contributed by atoms with Crippen molar-refractivity contribution in [1.82, 2.24) is 15.1 Å². The lowest BCUT2D eigenvalue weighted by Crippen LogP contribution is -2.20. The van der Waals surface area contributed by atoms with Crippen LogP contribution in [0.4, 0.5) is 0 Å². The first-order valence-electron chi connectivity index (χ1n) is 6.89. The van der Waals surface area contributed by atoms with Crippen molar-refractivity contribution >= 4 is 0 Å². The van der Waals surface area contributed by atoms with Gasteiger partial charge in [-0.3, -0.25) is 4.68 Å². The number of hydrogen-bond donors (Lipinski definition) is 1. The standard InChI is InChI=1S/C14H27N3/c1-13(2)12-15-9-6-4-5-7-11-17-14(3)8-10-16-17/h8,10,13,15H,4-7,9,11-12H2,1-3H3. The second kappa shape index (κ2) is 8.29. The van der Waals surface area contributed by atoms with E-state index in [2.05, 4.69) is 41.9 Å². The molecule has 0 amide bonds. The zero-order valence-electron chi connectivity index (χ0n) is 11.6. The molecule has 98 valence electrons. The van der Waals surface area contributed by atoms with Crippen molar-refractivity contribution in [3.8, 4) is 0 Å². The SMILES string of the molecule is Cc1ccnn1CCCCCCNCC(C)C. The molecule has 0 saturated heterocycles. The van der Waals surface area contributed by atoms with Gasteiger partial charge in [-0.25, -0.2) is 0 Å². The van der Waals surface area contributed by atoms with E-state index in [1.165, 1.54) is 37.9 Å². The molecule has 1 heterocycles. The zero-order chi connectivity index (χ0) is 12.5. The summed E-state index contributed by atoms with van der Waals surface area (Å²) in [6, 6.07) is 2.07. The third-order valence-corrected chi connectivity index (χ3v) is 2.95.